The lowest BCUT2D eigenvalue weighted by molar-refractivity contribution is 0.0934. The summed E-state index contributed by atoms with van der Waals surface area (Å²) in [5.41, 5.74) is 3.21. The fourth-order valence-electron chi connectivity index (χ4n) is 2.63. The number of hydrogen-bond donors (Lipinski definition) is 3. The summed E-state index contributed by atoms with van der Waals surface area (Å²) in [7, 11) is 2.98. The monoisotopic (exact) mass is 489 g/mol. The van der Waals surface area contributed by atoms with Crippen molar-refractivity contribution in [1.29, 1.82) is 0 Å². The zero-order valence-corrected chi connectivity index (χ0v) is 19.9. The van der Waals surface area contributed by atoms with Crippen molar-refractivity contribution >= 4 is 63.7 Å². The van der Waals surface area contributed by atoms with Crippen LogP contribution in [0.4, 0.5) is 5.69 Å². The van der Waals surface area contributed by atoms with Crippen molar-refractivity contribution in [2.45, 2.75) is 23.8 Å². The molecule has 1 atom stereocenters. The first-order valence-corrected chi connectivity index (χ1v) is 10.3. The van der Waals surface area contributed by atoms with Crippen molar-refractivity contribution in [2.75, 3.05) is 19.5 Å². The van der Waals surface area contributed by atoms with Gasteiger partial charge < -0.3 is 25.4 Å². The molecule has 0 aromatic heterocycles. The van der Waals surface area contributed by atoms with Crippen LogP contribution in [0.15, 0.2) is 36.4 Å². The van der Waals surface area contributed by atoms with E-state index in [0.717, 1.165) is 16.8 Å². The number of carbonyl (C=O) groups excluding carboxylic acids is 1. The minimum Gasteiger partial charge on any atom is -0.493 e. The number of aryl methyl sites for hydroxylation is 2. The van der Waals surface area contributed by atoms with E-state index in [2.05, 4.69) is 16.0 Å². The Balaban J connectivity index is 2.14. The van der Waals surface area contributed by atoms with Gasteiger partial charge in [0, 0.05) is 11.3 Å². The molecule has 0 bridgehead atoms. The number of rotatable bonds is 6. The van der Waals surface area contributed by atoms with Gasteiger partial charge in [-0.25, -0.2) is 0 Å². The summed E-state index contributed by atoms with van der Waals surface area (Å²) in [6, 6.07) is 10.6. The molecule has 0 aliphatic heterocycles. The van der Waals surface area contributed by atoms with E-state index in [0.29, 0.717) is 17.1 Å². The zero-order chi connectivity index (χ0) is 22.5. The summed E-state index contributed by atoms with van der Waals surface area (Å²) in [4.78, 5) is 12.7. The Morgan fingerprint density at radius 2 is 1.67 bits per heavy atom. The molecule has 0 aliphatic carbocycles. The summed E-state index contributed by atoms with van der Waals surface area (Å²) < 4.78 is 8.52. The summed E-state index contributed by atoms with van der Waals surface area (Å²) >= 11 is 23.5. The number of hydrogen-bond acceptors (Lipinski definition) is 4. The predicted molar refractivity (Wildman–Crippen MR) is 126 cm³/mol. The number of benzene rings is 2. The maximum Gasteiger partial charge on any atom is 0.253 e. The fourth-order valence-corrected chi connectivity index (χ4v) is 3.19. The largest absolute Gasteiger partial charge is 0.493 e. The maximum absolute atomic E-state index is 12.7. The van der Waals surface area contributed by atoms with Crippen molar-refractivity contribution in [1.82, 2.24) is 10.6 Å². The van der Waals surface area contributed by atoms with Crippen molar-refractivity contribution < 1.29 is 14.3 Å². The van der Waals surface area contributed by atoms with Crippen LogP contribution in [0.1, 0.15) is 21.5 Å². The molecule has 0 saturated heterocycles. The van der Waals surface area contributed by atoms with Crippen LogP contribution in [0.25, 0.3) is 0 Å². The van der Waals surface area contributed by atoms with Gasteiger partial charge in [-0.1, -0.05) is 52.5 Å². The predicted octanol–water partition coefficient (Wildman–Crippen LogP) is 4.73. The lowest BCUT2D eigenvalue weighted by Crippen LogP contribution is -2.56. The normalized spacial score (nSPS) is 12.0. The molecule has 0 saturated carbocycles. The average Bonchev–Trinajstić information content (AvgIpc) is 2.68. The highest BCUT2D eigenvalue weighted by atomic mass is 35.6. The first kappa shape index (κ1) is 24.3. The smallest absolute Gasteiger partial charge is 0.253 e. The van der Waals surface area contributed by atoms with E-state index in [-0.39, 0.29) is 5.11 Å². The molecule has 162 valence electrons. The van der Waals surface area contributed by atoms with Gasteiger partial charge in [-0.3, -0.25) is 4.79 Å². The van der Waals surface area contributed by atoms with Gasteiger partial charge in [-0.2, -0.15) is 0 Å². The van der Waals surface area contributed by atoms with Crippen LogP contribution in [-0.2, 0) is 0 Å². The van der Waals surface area contributed by atoms with Crippen molar-refractivity contribution in [2.24, 2.45) is 0 Å². The molecule has 6 nitrogen and oxygen atoms in total. The van der Waals surface area contributed by atoms with Crippen molar-refractivity contribution in [3.63, 3.8) is 0 Å². The Hall–Kier alpha value is -1.93. The first-order chi connectivity index (χ1) is 14.0. The van der Waals surface area contributed by atoms with Gasteiger partial charge in [-0.05, 0) is 55.9 Å². The third kappa shape index (κ3) is 6.54. The molecule has 0 aliphatic rings. The van der Waals surface area contributed by atoms with E-state index < -0.39 is 15.9 Å². The maximum atomic E-state index is 12.7. The van der Waals surface area contributed by atoms with Crippen LogP contribution >= 0.6 is 47.0 Å². The lowest BCUT2D eigenvalue weighted by Gasteiger charge is -2.28. The van der Waals surface area contributed by atoms with Gasteiger partial charge in [0.2, 0.25) is 3.79 Å². The van der Waals surface area contributed by atoms with Gasteiger partial charge in [0.1, 0.15) is 6.17 Å². The third-order valence-electron chi connectivity index (χ3n) is 4.15. The Bertz CT molecular complexity index is 935. The standard InChI is InChI=1S/C20H22Cl3N3O3S/c1-11-5-7-14(12(2)9-11)24-19(30)26-18(20(21,22)23)25-17(27)13-6-8-15(28-3)16(10-13)29-4/h5-10,18H,1-4H3,(H,25,27)(H2,24,26,30)/t18-/m1/s1. The molecule has 2 aromatic carbocycles. The second kappa shape index (κ2) is 10.4. The molecule has 0 fully saturated rings. The van der Waals surface area contributed by atoms with Crippen LogP contribution in [0, 0.1) is 13.8 Å². The summed E-state index contributed by atoms with van der Waals surface area (Å²) in [5.74, 6) is 0.397. The highest BCUT2D eigenvalue weighted by molar-refractivity contribution is 7.80. The Kier molecular flexibility index (Phi) is 8.43. The van der Waals surface area contributed by atoms with E-state index >= 15 is 0 Å². The van der Waals surface area contributed by atoms with Gasteiger partial charge in [0.05, 0.1) is 14.2 Å². The first-order valence-electron chi connectivity index (χ1n) is 8.79. The van der Waals surface area contributed by atoms with Crippen LogP contribution in [-0.4, -0.2) is 35.2 Å². The summed E-state index contributed by atoms with van der Waals surface area (Å²) in [6.07, 6.45) is -1.10. The Labute approximate surface area is 196 Å². The third-order valence-corrected chi connectivity index (χ3v) is 5.03. The van der Waals surface area contributed by atoms with Crippen LogP contribution < -0.4 is 25.4 Å². The molecule has 2 rings (SSSR count). The fraction of sp³-hybridized carbons (Fsp3) is 0.300. The minimum atomic E-state index is -1.87. The van der Waals surface area contributed by atoms with Crippen molar-refractivity contribution in [3.8, 4) is 11.5 Å². The minimum absolute atomic E-state index is 0.186. The van der Waals surface area contributed by atoms with Gasteiger partial charge in [-0.15, -0.1) is 0 Å². The number of halogens is 3. The summed E-state index contributed by atoms with van der Waals surface area (Å²) in [5, 5.41) is 8.70. The number of ether oxygens (including phenoxy) is 2. The number of carbonyl (C=O) groups is 1. The Morgan fingerprint density at radius 3 is 2.23 bits per heavy atom. The topological polar surface area (TPSA) is 71.6 Å². The van der Waals surface area contributed by atoms with Crippen molar-refractivity contribution in [3.05, 3.63) is 53.1 Å². The number of anilines is 1. The highest BCUT2D eigenvalue weighted by Crippen LogP contribution is 2.30. The second-order valence-corrected chi connectivity index (χ2v) is 9.21. The molecule has 0 spiro atoms. The van der Waals surface area contributed by atoms with E-state index in [9.17, 15) is 4.79 Å². The van der Waals surface area contributed by atoms with E-state index in [1.54, 1.807) is 12.1 Å². The molecular weight excluding hydrogens is 469 g/mol. The molecule has 3 N–H and O–H groups in total. The zero-order valence-electron chi connectivity index (χ0n) is 16.8. The van der Waals surface area contributed by atoms with E-state index in [4.69, 9.17) is 56.5 Å². The molecule has 1 amide bonds. The molecular formula is C20H22Cl3N3O3S. The van der Waals surface area contributed by atoms with Gasteiger partial charge >= 0.3 is 0 Å². The van der Waals surface area contributed by atoms with E-state index in [1.165, 1.54) is 20.3 Å². The number of thiocarbonyl (C=S) groups is 1. The van der Waals surface area contributed by atoms with Gasteiger partial charge in [0.15, 0.2) is 16.6 Å². The van der Waals surface area contributed by atoms with Crippen LogP contribution in [0.2, 0.25) is 0 Å². The number of amides is 1. The van der Waals surface area contributed by atoms with Gasteiger partial charge in [0.25, 0.3) is 5.91 Å². The van der Waals surface area contributed by atoms with Crippen LogP contribution in [0.3, 0.4) is 0 Å². The molecule has 0 radical (unpaired) electrons. The number of nitrogens with one attached hydrogen (secondary N) is 3. The molecule has 30 heavy (non-hydrogen) atoms. The second-order valence-electron chi connectivity index (χ2n) is 6.43. The SMILES string of the molecule is COc1ccc(C(=O)N[C@H](NC(=S)Nc2ccc(C)cc2C)C(Cl)(Cl)Cl)cc1OC. The molecule has 2 aromatic rings. The summed E-state index contributed by atoms with van der Waals surface area (Å²) in [6.45, 7) is 3.94. The number of methoxy groups -OCH3 is 2. The molecule has 0 unspecified atom stereocenters. The average molecular weight is 491 g/mol. The Morgan fingerprint density at radius 1 is 1.00 bits per heavy atom. The highest BCUT2D eigenvalue weighted by Gasteiger charge is 2.35. The molecule has 0 heterocycles. The quantitative estimate of drug-likeness (QED) is 0.309. The van der Waals surface area contributed by atoms with E-state index in [1.807, 2.05) is 32.0 Å². The lowest BCUT2D eigenvalue weighted by atomic mass is 10.1. The number of alkyl halides is 3. The van der Waals surface area contributed by atoms with Crippen LogP contribution in [0.5, 0.6) is 11.5 Å². The molecule has 10 heteroatoms.